The molecular formula is C12H17N3O2. The normalized spacial score (nSPS) is 10.6. The molecule has 5 heteroatoms. The van der Waals surface area contributed by atoms with Crippen LogP contribution in [0.25, 0.3) is 10.4 Å². The van der Waals surface area contributed by atoms with Gasteiger partial charge in [-0.2, -0.15) is 0 Å². The molecule has 0 saturated heterocycles. The van der Waals surface area contributed by atoms with Gasteiger partial charge in [0, 0.05) is 10.5 Å². The Morgan fingerprint density at radius 1 is 1.24 bits per heavy atom. The molecule has 0 amide bonds. The highest BCUT2D eigenvalue weighted by molar-refractivity contribution is 5.43. The van der Waals surface area contributed by atoms with E-state index in [1.165, 1.54) is 0 Å². The van der Waals surface area contributed by atoms with Gasteiger partial charge in [0.25, 0.3) is 0 Å². The number of rotatable bonds is 5. The number of methoxy groups -OCH3 is 2. The Morgan fingerprint density at radius 3 is 2.41 bits per heavy atom. The standard InChI is InChI=1S/C12H17N3O2/c1-12(2,14-15-13)8-9-5-6-10(16-3)11(7-9)17-4/h5-7H,8H2,1-4H3. The molecule has 0 radical (unpaired) electrons. The van der Waals surface area contributed by atoms with E-state index in [1.807, 2.05) is 32.0 Å². The van der Waals surface area contributed by atoms with Gasteiger partial charge in [-0.3, -0.25) is 0 Å². The zero-order valence-corrected chi connectivity index (χ0v) is 10.6. The highest BCUT2D eigenvalue weighted by atomic mass is 16.5. The summed E-state index contributed by atoms with van der Waals surface area (Å²) in [6, 6.07) is 5.68. The van der Waals surface area contributed by atoms with Gasteiger partial charge < -0.3 is 9.47 Å². The lowest BCUT2D eigenvalue weighted by molar-refractivity contribution is 0.354. The fourth-order valence-electron chi connectivity index (χ4n) is 1.65. The Hall–Kier alpha value is -1.87. The van der Waals surface area contributed by atoms with Gasteiger partial charge >= 0.3 is 0 Å². The molecule has 0 atom stereocenters. The molecular weight excluding hydrogens is 218 g/mol. The molecule has 0 spiro atoms. The third kappa shape index (κ3) is 3.57. The summed E-state index contributed by atoms with van der Waals surface area (Å²) in [6.07, 6.45) is 0.650. The molecule has 1 aromatic carbocycles. The van der Waals surface area contributed by atoms with E-state index in [0.29, 0.717) is 17.9 Å². The lowest BCUT2D eigenvalue weighted by atomic mass is 9.96. The summed E-state index contributed by atoms with van der Waals surface area (Å²) in [5, 5.41) is 3.76. The SMILES string of the molecule is COc1ccc(CC(C)(C)N=[N+]=[N-])cc1OC. The molecule has 0 aliphatic heterocycles. The van der Waals surface area contributed by atoms with Crippen LogP contribution >= 0.6 is 0 Å². The second-order valence-electron chi connectivity index (χ2n) is 4.37. The molecule has 0 bridgehead atoms. The van der Waals surface area contributed by atoms with Crippen molar-refractivity contribution in [3.05, 3.63) is 34.2 Å². The average molecular weight is 235 g/mol. The fraction of sp³-hybridized carbons (Fsp3) is 0.500. The molecule has 5 nitrogen and oxygen atoms in total. The fourth-order valence-corrected chi connectivity index (χ4v) is 1.65. The molecule has 0 aliphatic carbocycles. The first-order valence-electron chi connectivity index (χ1n) is 5.29. The Bertz CT molecular complexity index is 437. The Kier molecular flexibility index (Phi) is 4.24. The molecule has 17 heavy (non-hydrogen) atoms. The van der Waals surface area contributed by atoms with Crippen molar-refractivity contribution >= 4 is 0 Å². The third-order valence-corrected chi connectivity index (χ3v) is 2.40. The average Bonchev–Trinajstić information content (AvgIpc) is 2.28. The van der Waals surface area contributed by atoms with Gasteiger partial charge in [0.15, 0.2) is 11.5 Å². The van der Waals surface area contributed by atoms with Crippen molar-refractivity contribution in [1.82, 2.24) is 0 Å². The van der Waals surface area contributed by atoms with Crippen LogP contribution < -0.4 is 9.47 Å². The van der Waals surface area contributed by atoms with Gasteiger partial charge in [-0.25, -0.2) is 0 Å². The van der Waals surface area contributed by atoms with Crippen LogP contribution in [0.2, 0.25) is 0 Å². The molecule has 0 fully saturated rings. The minimum absolute atomic E-state index is 0.450. The van der Waals surface area contributed by atoms with Crippen LogP contribution in [-0.4, -0.2) is 19.8 Å². The lowest BCUT2D eigenvalue weighted by Crippen LogP contribution is -2.19. The topological polar surface area (TPSA) is 67.2 Å². The second-order valence-corrected chi connectivity index (χ2v) is 4.37. The molecule has 92 valence electrons. The van der Waals surface area contributed by atoms with Crippen molar-refractivity contribution < 1.29 is 9.47 Å². The summed E-state index contributed by atoms with van der Waals surface area (Å²) in [6.45, 7) is 3.78. The van der Waals surface area contributed by atoms with Gasteiger partial charge in [-0.15, -0.1) is 0 Å². The van der Waals surface area contributed by atoms with E-state index in [4.69, 9.17) is 15.0 Å². The van der Waals surface area contributed by atoms with Crippen molar-refractivity contribution in [2.45, 2.75) is 25.8 Å². The van der Waals surface area contributed by atoms with E-state index in [1.54, 1.807) is 14.2 Å². The van der Waals surface area contributed by atoms with E-state index < -0.39 is 5.54 Å². The molecule has 0 heterocycles. The van der Waals surface area contributed by atoms with Gasteiger partial charge in [0.05, 0.1) is 14.2 Å². The first kappa shape index (κ1) is 13.2. The van der Waals surface area contributed by atoms with Crippen molar-refractivity contribution in [3.8, 4) is 11.5 Å². The smallest absolute Gasteiger partial charge is 0.160 e. The summed E-state index contributed by atoms with van der Waals surface area (Å²) < 4.78 is 10.4. The summed E-state index contributed by atoms with van der Waals surface area (Å²) in [4.78, 5) is 2.85. The maximum Gasteiger partial charge on any atom is 0.160 e. The summed E-state index contributed by atoms with van der Waals surface area (Å²) >= 11 is 0. The predicted molar refractivity (Wildman–Crippen MR) is 66.5 cm³/mol. The molecule has 1 rings (SSSR count). The van der Waals surface area contributed by atoms with E-state index in [9.17, 15) is 0 Å². The van der Waals surface area contributed by atoms with Crippen molar-refractivity contribution in [1.29, 1.82) is 0 Å². The predicted octanol–water partition coefficient (Wildman–Crippen LogP) is 3.34. The lowest BCUT2D eigenvalue weighted by Gasteiger charge is -2.18. The summed E-state index contributed by atoms with van der Waals surface area (Å²) in [5.41, 5.74) is 9.07. The van der Waals surface area contributed by atoms with E-state index in [2.05, 4.69) is 10.0 Å². The maximum atomic E-state index is 8.48. The maximum absolute atomic E-state index is 8.48. The van der Waals surface area contributed by atoms with E-state index in [-0.39, 0.29) is 0 Å². The highest BCUT2D eigenvalue weighted by Gasteiger charge is 2.17. The Labute approximate surface area is 101 Å². The largest absolute Gasteiger partial charge is 0.493 e. The number of azide groups is 1. The van der Waals surface area contributed by atoms with Crippen molar-refractivity contribution in [3.63, 3.8) is 0 Å². The minimum Gasteiger partial charge on any atom is -0.493 e. The van der Waals surface area contributed by atoms with Crippen LogP contribution in [0, 0.1) is 0 Å². The summed E-state index contributed by atoms with van der Waals surface area (Å²) in [7, 11) is 3.20. The monoisotopic (exact) mass is 235 g/mol. The van der Waals surface area contributed by atoms with Crippen molar-refractivity contribution in [2.75, 3.05) is 14.2 Å². The number of nitrogens with zero attached hydrogens (tertiary/aromatic N) is 3. The first-order valence-corrected chi connectivity index (χ1v) is 5.29. The number of benzene rings is 1. The number of hydrogen-bond acceptors (Lipinski definition) is 3. The van der Waals surface area contributed by atoms with Crippen LogP contribution in [0.15, 0.2) is 23.3 Å². The number of hydrogen-bond donors (Lipinski definition) is 0. The van der Waals surface area contributed by atoms with Crippen LogP contribution in [0.4, 0.5) is 0 Å². The Balaban J connectivity index is 2.97. The molecule has 0 aromatic heterocycles. The molecule has 0 unspecified atom stereocenters. The van der Waals surface area contributed by atoms with Crippen LogP contribution in [0.3, 0.4) is 0 Å². The summed E-state index contributed by atoms with van der Waals surface area (Å²) in [5.74, 6) is 1.37. The van der Waals surface area contributed by atoms with Gasteiger partial charge in [-0.05, 0) is 29.6 Å². The van der Waals surface area contributed by atoms with E-state index >= 15 is 0 Å². The molecule has 0 N–H and O–H groups in total. The van der Waals surface area contributed by atoms with Gasteiger partial charge in [0.1, 0.15) is 0 Å². The molecule has 1 aromatic rings. The van der Waals surface area contributed by atoms with Gasteiger partial charge in [0.2, 0.25) is 0 Å². The van der Waals surface area contributed by atoms with Crippen molar-refractivity contribution in [2.24, 2.45) is 5.11 Å². The Morgan fingerprint density at radius 2 is 1.88 bits per heavy atom. The third-order valence-electron chi connectivity index (χ3n) is 2.40. The van der Waals surface area contributed by atoms with Crippen LogP contribution in [0.1, 0.15) is 19.4 Å². The highest BCUT2D eigenvalue weighted by Crippen LogP contribution is 2.29. The van der Waals surface area contributed by atoms with Crippen LogP contribution in [0.5, 0.6) is 11.5 Å². The number of ether oxygens (including phenoxy) is 2. The second kappa shape index (κ2) is 5.46. The molecule has 0 aliphatic rings. The zero-order chi connectivity index (χ0) is 12.9. The minimum atomic E-state index is -0.450. The van der Waals surface area contributed by atoms with Gasteiger partial charge in [-0.1, -0.05) is 25.0 Å². The molecule has 0 saturated carbocycles. The zero-order valence-electron chi connectivity index (χ0n) is 10.6. The quantitative estimate of drug-likeness (QED) is 0.446. The van der Waals surface area contributed by atoms with E-state index in [0.717, 1.165) is 5.56 Å². The first-order chi connectivity index (χ1) is 8.02. The van der Waals surface area contributed by atoms with Crippen LogP contribution in [-0.2, 0) is 6.42 Å².